The molecule has 1 amide bonds. The predicted octanol–water partition coefficient (Wildman–Crippen LogP) is 1.70. The summed E-state index contributed by atoms with van der Waals surface area (Å²) in [5.74, 6) is 0.220. The van der Waals surface area contributed by atoms with E-state index in [1.165, 1.54) is 24.5 Å². The first-order valence-electron chi connectivity index (χ1n) is 7.57. The average molecular weight is 359 g/mol. The predicted molar refractivity (Wildman–Crippen MR) is 94.4 cm³/mol. The highest BCUT2D eigenvalue weighted by Gasteiger charge is 2.13. The summed E-state index contributed by atoms with van der Waals surface area (Å²) in [5.41, 5.74) is 8.05. The van der Waals surface area contributed by atoms with Crippen LogP contribution in [0.2, 0.25) is 0 Å². The molecule has 0 aliphatic carbocycles. The molecule has 0 saturated carbocycles. The molecule has 3 N–H and O–H groups in total. The topological polar surface area (TPSA) is 142 Å². The van der Waals surface area contributed by atoms with E-state index in [-0.39, 0.29) is 18.1 Å². The van der Waals surface area contributed by atoms with Crippen LogP contribution in [0.5, 0.6) is 11.5 Å². The van der Waals surface area contributed by atoms with Crippen molar-refractivity contribution in [2.24, 2.45) is 10.8 Å². The number of hydrazone groups is 1. The zero-order valence-electron chi connectivity index (χ0n) is 13.9. The van der Waals surface area contributed by atoms with Crippen LogP contribution in [0.15, 0.2) is 41.6 Å². The van der Waals surface area contributed by atoms with Gasteiger partial charge in [0.25, 0.3) is 5.91 Å². The maximum atomic E-state index is 10.9. The molecule has 2 rings (SSSR count). The average Bonchev–Trinajstić information content (AvgIpc) is 2.61. The van der Waals surface area contributed by atoms with Gasteiger partial charge < -0.3 is 15.2 Å². The van der Waals surface area contributed by atoms with Crippen molar-refractivity contribution >= 4 is 23.6 Å². The molecule has 10 nitrogen and oxygen atoms in total. The Hall–Kier alpha value is -3.69. The Bertz CT molecular complexity index is 824. The fourth-order valence-electron chi connectivity index (χ4n) is 1.94. The number of pyridine rings is 1. The van der Waals surface area contributed by atoms with Gasteiger partial charge in [0.05, 0.1) is 17.7 Å². The number of hydrogen-bond donors (Lipinski definition) is 2. The lowest BCUT2D eigenvalue weighted by atomic mass is 10.2. The summed E-state index contributed by atoms with van der Waals surface area (Å²) >= 11 is 0. The van der Waals surface area contributed by atoms with Gasteiger partial charge in [0, 0.05) is 12.3 Å². The summed E-state index contributed by atoms with van der Waals surface area (Å²) in [6.07, 6.45) is 2.86. The Balaban J connectivity index is 2.14. The van der Waals surface area contributed by atoms with Gasteiger partial charge in [0.15, 0.2) is 18.1 Å². The number of ether oxygens (including phenoxy) is 2. The van der Waals surface area contributed by atoms with Crippen LogP contribution in [0.1, 0.15) is 12.5 Å². The Kier molecular flexibility index (Phi) is 6.43. The van der Waals surface area contributed by atoms with E-state index in [2.05, 4.69) is 15.5 Å². The first kappa shape index (κ1) is 18.6. The number of nitrogens with zero attached hydrogens (tertiary/aromatic N) is 3. The van der Waals surface area contributed by atoms with E-state index in [1.54, 1.807) is 25.1 Å². The van der Waals surface area contributed by atoms with E-state index < -0.39 is 10.8 Å². The van der Waals surface area contributed by atoms with Crippen LogP contribution in [0.4, 0.5) is 11.5 Å². The minimum atomic E-state index is -0.598. The quantitative estimate of drug-likeness (QED) is 0.394. The van der Waals surface area contributed by atoms with Gasteiger partial charge in [0.2, 0.25) is 5.82 Å². The number of rotatable bonds is 9. The zero-order chi connectivity index (χ0) is 18.9. The van der Waals surface area contributed by atoms with Gasteiger partial charge in [0.1, 0.15) is 0 Å². The third kappa shape index (κ3) is 5.16. The van der Waals surface area contributed by atoms with Crippen molar-refractivity contribution < 1.29 is 19.2 Å². The number of carbonyl (C=O) groups excluding carboxylic acids is 1. The molecule has 136 valence electrons. The number of aromatic nitrogens is 1. The second-order valence-corrected chi connectivity index (χ2v) is 4.89. The number of nitrogens with two attached hydrogens (primary N) is 1. The molecule has 26 heavy (non-hydrogen) atoms. The highest BCUT2D eigenvalue weighted by atomic mass is 16.6. The first-order chi connectivity index (χ1) is 12.5. The van der Waals surface area contributed by atoms with Gasteiger partial charge in [-0.15, -0.1) is 0 Å². The van der Waals surface area contributed by atoms with Gasteiger partial charge in [-0.3, -0.25) is 20.3 Å². The van der Waals surface area contributed by atoms with Crippen LogP contribution in [-0.2, 0) is 4.79 Å². The van der Waals surface area contributed by atoms with E-state index in [0.29, 0.717) is 23.7 Å². The fourth-order valence-corrected chi connectivity index (χ4v) is 1.94. The summed E-state index contributed by atoms with van der Waals surface area (Å²) < 4.78 is 10.7. The molecule has 0 atom stereocenters. The molecular formula is C16H17N5O5. The molecule has 2 aromatic rings. The number of benzene rings is 1. The van der Waals surface area contributed by atoms with Crippen molar-refractivity contribution in [3.63, 3.8) is 0 Å². The van der Waals surface area contributed by atoms with Gasteiger partial charge in [-0.1, -0.05) is 0 Å². The van der Waals surface area contributed by atoms with Gasteiger partial charge in [-0.25, -0.2) is 4.98 Å². The normalized spacial score (nSPS) is 10.5. The first-order valence-corrected chi connectivity index (χ1v) is 7.57. The maximum absolute atomic E-state index is 10.9. The summed E-state index contributed by atoms with van der Waals surface area (Å²) in [5, 5.41) is 14.9. The highest BCUT2D eigenvalue weighted by molar-refractivity contribution is 5.82. The number of amides is 1. The SMILES string of the molecule is CCOc1cc(/C=N\Nc2ncccc2[N+](=O)[O-])ccc1OCC(N)=O. The number of nitrogens with one attached hydrogen (secondary N) is 1. The lowest BCUT2D eigenvalue weighted by Gasteiger charge is -2.11. The van der Waals surface area contributed by atoms with Crippen molar-refractivity contribution in [3.05, 3.63) is 52.2 Å². The van der Waals surface area contributed by atoms with Crippen LogP contribution >= 0.6 is 0 Å². The minimum Gasteiger partial charge on any atom is -0.490 e. The van der Waals surface area contributed by atoms with Crippen molar-refractivity contribution in [1.82, 2.24) is 4.98 Å². The zero-order valence-corrected chi connectivity index (χ0v) is 13.9. The Morgan fingerprint density at radius 1 is 1.38 bits per heavy atom. The Morgan fingerprint density at radius 3 is 2.88 bits per heavy atom. The van der Waals surface area contributed by atoms with Crippen LogP contribution < -0.4 is 20.6 Å². The second kappa shape index (κ2) is 8.97. The van der Waals surface area contributed by atoms with Crippen LogP contribution in [-0.4, -0.2) is 35.2 Å². The fraction of sp³-hybridized carbons (Fsp3) is 0.188. The second-order valence-electron chi connectivity index (χ2n) is 4.89. The summed E-state index contributed by atoms with van der Waals surface area (Å²) in [4.78, 5) is 25.1. The summed E-state index contributed by atoms with van der Waals surface area (Å²) in [6, 6.07) is 7.72. The molecular weight excluding hydrogens is 342 g/mol. The molecule has 0 aliphatic rings. The molecule has 1 heterocycles. The number of anilines is 1. The van der Waals surface area contributed by atoms with Gasteiger partial charge in [-0.05, 0) is 36.8 Å². The third-order valence-corrected chi connectivity index (χ3v) is 3.00. The molecule has 1 aromatic carbocycles. The Morgan fingerprint density at radius 2 is 2.19 bits per heavy atom. The van der Waals surface area contributed by atoms with Crippen molar-refractivity contribution in [1.29, 1.82) is 0 Å². The maximum Gasteiger partial charge on any atom is 0.313 e. The van der Waals surface area contributed by atoms with Crippen molar-refractivity contribution in [2.45, 2.75) is 6.92 Å². The van der Waals surface area contributed by atoms with Gasteiger partial charge in [-0.2, -0.15) is 5.10 Å². The largest absolute Gasteiger partial charge is 0.490 e. The molecule has 1 aromatic heterocycles. The molecule has 0 saturated heterocycles. The molecule has 10 heteroatoms. The van der Waals surface area contributed by atoms with Crippen molar-refractivity contribution in [2.75, 3.05) is 18.6 Å². The van der Waals surface area contributed by atoms with Crippen molar-refractivity contribution in [3.8, 4) is 11.5 Å². The summed E-state index contributed by atoms with van der Waals surface area (Å²) in [6.45, 7) is 1.94. The van der Waals surface area contributed by atoms with E-state index >= 15 is 0 Å². The molecule has 0 spiro atoms. The third-order valence-electron chi connectivity index (χ3n) is 3.00. The lowest BCUT2D eigenvalue weighted by molar-refractivity contribution is -0.384. The molecule has 0 fully saturated rings. The van der Waals surface area contributed by atoms with E-state index in [9.17, 15) is 14.9 Å². The minimum absolute atomic E-state index is 0.0280. The van der Waals surface area contributed by atoms with Crippen LogP contribution in [0, 0.1) is 10.1 Å². The van der Waals surface area contributed by atoms with Crippen LogP contribution in [0.3, 0.4) is 0 Å². The smallest absolute Gasteiger partial charge is 0.313 e. The highest BCUT2D eigenvalue weighted by Crippen LogP contribution is 2.28. The Labute approximate surface area is 148 Å². The number of hydrogen-bond acceptors (Lipinski definition) is 8. The molecule has 0 bridgehead atoms. The van der Waals surface area contributed by atoms with Gasteiger partial charge >= 0.3 is 5.69 Å². The monoisotopic (exact) mass is 359 g/mol. The molecule has 0 aliphatic heterocycles. The van der Waals surface area contributed by atoms with E-state index in [4.69, 9.17) is 15.2 Å². The number of primary amides is 1. The van der Waals surface area contributed by atoms with Crippen LogP contribution in [0.25, 0.3) is 0 Å². The number of nitro groups is 1. The van der Waals surface area contributed by atoms with E-state index in [0.717, 1.165) is 0 Å². The lowest BCUT2D eigenvalue weighted by Crippen LogP contribution is -2.20. The summed E-state index contributed by atoms with van der Waals surface area (Å²) in [7, 11) is 0. The van der Waals surface area contributed by atoms with E-state index in [1.807, 2.05) is 0 Å². The standard InChI is InChI=1S/C16H17N5O5/c1-2-25-14-8-11(5-6-13(14)26-10-15(17)22)9-19-20-16-12(21(23)24)4-3-7-18-16/h3-9H,2,10H2,1H3,(H2,17,22)(H,18,20)/b19-9-. The molecule has 0 unspecified atom stereocenters. The number of carbonyl (C=O) groups is 1. The molecule has 0 radical (unpaired) electrons.